The van der Waals surface area contributed by atoms with E-state index in [1.807, 2.05) is 48.5 Å². The summed E-state index contributed by atoms with van der Waals surface area (Å²) in [7, 11) is 0. The molecule has 0 saturated heterocycles. The maximum Gasteiger partial charge on any atom is 0.270 e. The second kappa shape index (κ2) is 7.98. The van der Waals surface area contributed by atoms with Gasteiger partial charge < -0.3 is 0 Å². The van der Waals surface area contributed by atoms with E-state index < -0.39 is 4.92 Å². The highest BCUT2D eigenvalue weighted by Gasteiger charge is 2.17. The SMILES string of the molecule is O=[N+]([O-])c1cccc(-c2nc3c4ccccc4nc(SCc4ccccc4Cl)n3n2)c1. The summed E-state index contributed by atoms with van der Waals surface area (Å²) in [5.41, 5.74) is 3.01. The van der Waals surface area contributed by atoms with Crippen molar-refractivity contribution in [3.63, 3.8) is 0 Å². The molecular formula is C22H14ClN5O2S. The van der Waals surface area contributed by atoms with Crippen LogP contribution in [0, 0.1) is 10.1 Å². The Morgan fingerprint density at radius 2 is 1.81 bits per heavy atom. The van der Waals surface area contributed by atoms with E-state index in [1.54, 1.807) is 16.6 Å². The maximum absolute atomic E-state index is 11.2. The Balaban J connectivity index is 1.64. The summed E-state index contributed by atoms with van der Waals surface area (Å²) in [5.74, 6) is 1.02. The molecule has 3 aromatic carbocycles. The lowest BCUT2D eigenvalue weighted by Crippen LogP contribution is -1.98. The number of nitrogens with zero attached hydrogens (tertiary/aromatic N) is 5. The molecule has 0 bridgehead atoms. The van der Waals surface area contributed by atoms with Gasteiger partial charge in [0.05, 0.1) is 10.4 Å². The molecule has 0 aliphatic carbocycles. The molecule has 2 aromatic heterocycles. The van der Waals surface area contributed by atoms with Crippen molar-refractivity contribution >= 4 is 45.6 Å². The van der Waals surface area contributed by atoms with Gasteiger partial charge in [0.2, 0.25) is 0 Å². The summed E-state index contributed by atoms with van der Waals surface area (Å²) < 4.78 is 1.69. The molecule has 7 nitrogen and oxygen atoms in total. The fraction of sp³-hybridized carbons (Fsp3) is 0.0455. The van der Waals surface area contributed by atoms with E-state index in [0.717, 1.165) is 16.5 Å². The highest BCUT2D eigenvalue weighted by Crippen LogP contribution is 2.30. The van der Waals surface area contributed by atoms with E-state index in [2.05, 4.69) is 5.10 Å². The van der Waals surface area contributed by atoms with Crippen molar-refractivity contribution in [2.24, 2.45) is 0 Å². The molecule has 31 heavy (non-hydrogen) atoms. The summed E-state index contributed by atoms with van der Waals surface area (Å²) in [6.45, 7) is 0. The molecule has 5 aromatic rings. The highest BCUT2D eigenvalue weighted by atomic mass is 35.5. The van der Waals surface area contributed by atoms with Gasteiger partial charge in [-0.3, -0.25) is 10.1 Å². The predicted octanol–water partition coefficient (Wildman–Crippen LogP) is 5.80. The fourth-order valence-corrected chi connectivity index (χ4v) is 4.49. The standard InChI is InChI=1S/C22H14ClN5O2S/c23-18-10-3-1-6-15(18)13-31-22-24-19-11-4-2-9-17(19)21-25-20(26-27(21)22)14-7-5-8-16(12-14)28(29)30/h1-12H,13H2. The summed E-state index contributed by atoms with van der Waals surface area (Å²) in [6, 6.07) is 21.7. The lowest BCUT2D eigenvalue weighted by Gasteiger charge is -2.07. The Kier molecular flexibility index (Phi) is 5.01. The first-order valence-electron chi connectivity index (χ1n) is 9.37. The van der Waals surface area contributed by atoms with Crippen molar-refractivity contribution in [1.29, 1.82) is 0 Å². The average Bonchev–Trinajstić information content (AvgIpc) is 3.24. The molecule has 2 heterocycles. The molecule has 0 amide bonds. The summed E-state index contributed by atoms with van der Waals surface area (Å²) >= 11 is 7.81. The summed E-state index contributed by atoms with van der Waals surface area (Å²) in [5, 5.41) is 18.0. The lowest BCUT2D eigenvalue weighted by atomic mass is 10.2. The molecule has 5 rings (SSSR count). The van der Waals surface area contributed by atoms with Gasteiger partial charge in [-0.2, -0.15) is 4.52 Å². The van der Waals surface area contributed by atoms with Gasteiger partial charge in [-0.1, -0.05) is 65.8 Å². The van der Waals surface area contributed by atoms with Gasteiger partial charge in [-0.25, -0.2) is 9.97 Å². The molecular weight excluding hydrogens is 434 g/mol. The van der Waals surface area contributed by atoms with Crippen molar-refractivity contribution in [1.82, 2.24) is 19.6 Å². The number of nitro benzene ring substituents is 1. The van der Waals surface area contributed by atoms with E-state index in [-0.39, 0.29) is 5.69 Å². The van der Waals surface area contributed by atoms with Crippen LogP contribution in [0.4, 0.5) is 5.69 Å². The van der Waals surface area contributed by atoms with Crippen LogP contribution in [0.15, 0.2) is 78.0 Å². The van der Waals surface area contributed by atoms with Gasteiger partial charge in [0.25, 0.3) is 5.69 Å². The number of aromatic nitrogens is 4. The molecule has 0 unspecified atom stereocenters. The molecule has 152 valence electrons. The van der Waals surface area contributed by atoms with E-state index in [1.165, 1.54) is 23.9 Å². The van der Waals surface area contributed by atoms with Crippen LogP contribution >= 0.6 is 23.4 Å². The molecule has 0 spiro atoms. The average molecular weight is 448 g/mol. The van der Waals surface area contributed by atoms with Crippen molar-refractivity contribution in [3.8, 4) is 11.4 Å². The number of para-hydroxylation sites is 1. The van der Waals surface area contributed by atoms with Gasteiger partial charge in [0, 0.05) is 33.9 Å². The van der Waals surface area contributed by atoms with Crippen LogP contribution in [-0.2, 0) is 5.75 Å². The minimum Gasteiger partial charge on any atom is -0.258 e. The topological polar surface area (TPSA) is 86.2 Å². The number of fused-ring (bicyclic) bond motifs is 3. The number of halogens is 1. The van der Waals surface area contributed by atoms with Gasteiger partial charge >= 0.3 is 0 Å². The first-order valence-corrected chi connectivity index (χ1v) is 10.7. The van der Waals surface area contributed by atoms with E-state index in [9.17, 15) is 10.1 Å². The number of benzene rings is 3. The first-order chi connectivity index (χ1) is 15.1. The second-order valence-electron chi connectivity index (χ2n) is 6.77. The largest absolute Gasteiger partial charge is 0.270 e. The van der Waals surface area contributed by atoms with Crippen LogP contribution in [0.1, 0.15) is 5.56 Å². The number of hydrogen-bond acceptors (Lipinski definition) is 6. The zero-order chi connectivity index (χ0) is 21.4. The third kappa shape index (κ3) is 3.71. The van der Waals surface area contributed by atoms with E-state index in [4.69, 9.17) is 21.6 Å². The number of non-ortho nitro benzene ring substituents is 1. The normalized spacial score (nSPS) is 11.3. The predicted molar refractivity (Wildman–Crippen MR) is 121 cm³/mol. The van der Waals surface area contributed by atoms with Crippen molar-refractivity contribution < 1.29 is 4.92 Å². The smallest absolute Gasteiger partial charge is 0.258 e. The molecule has 0 saturated carbocycles. The van der Waals surface area contributed by atoms with Crippen LogP contribution in [0.5, 0.6) is 0 Å². The van der Waals surface area contributed by atoms with Crippen molar-refractivity contribution in [2.75, 3.05) is 0 Å². The Morgan fingerprint density at radius 1 is 1.00 bits per heavy atom. The molecule has 0 fully saturated rings. The third-order valence-corrected chi connectivity index (χ3v) is 6.13. The van der Waals surface area contributed by atoms with Gasteiger partial charge in [0.1, 0.15) is 0 Å². The molecule has 0 radical (unpaired) electrons. The number of thioether (sulfide) groups is 1. The second-order valence-corrected chi connectivity index (χ2v) is 8.12. The number of nitro groups is 1. The first kappa shape index (κ1) is 19.5. The van der Waals surface area contributed by atoms with E-state index in [0.29, 0.717) is 33.0 Å². The number of hydrogen-bond donors (Lipinski definition) is 0. The molecule has 0 aliphatic heterocycles. The molecule has 9 heteroatoms. The van der Waals surface area contributed by atoms with Gasteiger partial charge in [-0.15, -0.1) is 5.10 Å². The highest BCUT2D eigenvalue weighted by molar-refractivity contribution is 7.98. The Bertz CT molecular complexity index is 1450. The molecule has 0 aliphatic rings. The fourth-order valence-electron chi connectivity index (χ4n) is 3.26. The van der Waals surface area contributed by atoms with Gasteiger partial charge in [-0.05, 0) is 23.8 Å². The van der Waals surface area contributed by atoms with E-state index >= 15 is 0 Å². The monoisotopic (exact) mass is 447 g/mol. The van der Waals surface area contributed by atoms with Crippen molar-refractivity contribution in [3.05, 3.63) is 93.5 Å². The quantitative estimate of drug-likeness (QED) is 0.146. The Hall–Kier alpha value is -3.49. The van der Waals surface area contributed by atoms with Crippen LogP contribution in [-0.4, -0.2) is 24.5 Å². The number of rotatable bonds is 5. The van der Waals surface area contributed by atoms with Crippen LogP contribution < -0.4 is 0 Å². The third-order valence-electron chi connectivity index (χ3n) is 4.78. The van der Waals surface area contributed by atoms with Crippen LogP contribution in [0.3, 0.4) is 0 Å². The zero-order valence-electron chi connectivity index (χ0n) is 16.0. The van der Waals surface area contributed by atoms with Gasteiger partial charge in [0.15, 0.2) is 16.6 Å². The molecule has 0 N–H and O–H groups in total. The Labute approximate surface area is 185 Å². The van der Waals surface area contributed by atoms with Crippen LogP contribution in [0.2, 0.25) is 5.02 Å². The van der Waals surface area contributed by atoms with Crippen LogP contribution in [0.25, 0.3) is 27.9 Å². The zero-order valence-corrected chi connectivity index (χ0v) is 17.5. The summed E-state index contributed by atoms with van der Waals surface area (Å²) in [4.78, 5) is 20.2. The lowest BCUT2D eigenvalue weighted by molar-refractivity contribution is -0.384. The minimum absolute atomic E-state index is 0.00680. The Morgan fingerprint density at radius 3 is 2.65 bits per heavy atom. The van der Waals surface area contributed by atoms with Crippen molar-refractivity contribution in [2.45, 2.75) is 10.9 Å². The molecule has 0 atom stereocenters. The maximum atomic E-state index is 11.2. The summed E-state index contributed by atoms with van der Waals surface area (Å²) in [6.07, 6.45) is 0. The minimum atomic E-state index is -0.429.